The molecule has 4 aromatic rings. The smallest absolute Gasteiger partial charge is 0.234 e. The van der Waals surface area contributed by atoms with E-state index in [9.17, 15) is 4.79 Å². The summed E-state index contributed by atoms with van der Waals surface area (Å²) < 4.78 is 0. The second-order valence-electron chi connectivity index (χ2n) is 6.17. The zero-order valence-electron chi connectivity index (χ0n) is 15.0. The Morgan fingerprint density at radius 2 is 2.00 bits per heavy atom. The van der Waals surface area contributed by atoms with Crippen molar-refractivity contribution in [3.63, 3.8) is 0 Å². The number of carbonyl (C=O) groups is 1. The van der Waals surface area contributed by atoms with Gasteiger partial charge in [-0.3, -0.25) is 4.79 Å². The predicted octanol–water partition coefficient (Wildman–Crippen LogP) is 6.05. The molecule has 4 rings (SSSR count). The van der Waals surface area contributed by atoms with Crippen LogP contribution in [0.2, 0.25) is 5.02 Å². The Kier molecular flexibility index (Phi) is 5.62. The summed E-state index contributed by atoms with van der Waals surface area (Å²) in [5.41, 5.74) is 3.90. The second-order valence-corrected chi connectivity index (χ2v) is 8.43. The molecule has 2 aromatic heterocycles. The van der Waals surface area contributed by atoms with Gasteiger partial charge in [-0.2, -0.15) is 0 Å². The summed E-state index contributed by atoms with van der Waals surface area (Å²) in [5.74, 6) is 0.154. The first kappa shape index (κ1) is 18.9. The Balaban J connectivity index is 1.56. The molecule has 2 aromatic carbocycles. The highest BCUT2D eigenvalue weighted by Crippen LogP contribution is 2.37. The molecule has 0 radical (unpaired) electrons. The summed E-state index contributed by atoms with van der Waals surface area (Å²) in [6.45, 7) is 1.94. The van der Waals surface area contributed by atoms with Gasteiger partial charge in [0.25, 0.3) is 0 Å². The summed E-state index contributed by atoms with van der Waals surface area (Å²) in [5, 5.41) is 7.41. The van der Waals surface area contributed by atoms with Gasteiger partial charge in [-0.1, -0.05) is 59.8 Å². The number of hydrogen-bond acceptors (Lipinski definition) is 5. The molecule has 2 heterocycles. The Morgan fingerprint density at radius 1 is 1.18 bits per heavy atom. The highest BCUT2D eigenvalue weighted by molar-refractivity contribution is 8.00. The largest absolute Gasteiger partial charge is 0.325 e. The van der Waals surface area contributed by atoms with E-state index >= 15 is 0 Å². The molecule has 140 valence electrons. The molecule has 0 aliphatic carbocycles. The van der Waals surface area contributed by atoms with Crippen LogP contribution in [0, 0.1) is 6.92 Å². The maximum atomic E-state index is 12.5. The summed E-state index contributed by atoms with van der Waals surface area (Å²) in [6, 6.07) is 15.6. The average molecular weight is 426 g/mol. The van der Waals surface area contributed by atoms with Gasteiger partial charge in [0.2, 0.25) is 5.91 Å². The molecule has 0 aliphatic rings. The van der Waals surface area contributed by atoms with Crippen molar-refractivity contribution in [2.75, 3.05) is 11.1 Å². The first-order valence-electron chi connectivity index (χ1n) is 8.58. The van der Waals surface area contributed by atoms with Crippen LogP contribution in [-0.2, 0) is 4.79 Å². The van der Waals surface area contributed by atoms with Gasteiger partial charge in [0.1, 0.15) is 16.2 Å². The number of amides is 1. The van der Waals surface area contributed by atoms with Gasteiger partial charge in [0.15, 0.2) is 0 Å². The quantitative estimate of drug-likeness (QED) is 0.312. The number of anilines is 1. The highest BCUT2D eigenvalue weighted by atomic mass is 35.5. The van der Waals surface area contributed by atoms with Crippen LogP contribution in [0.25, 0.3) is 21.3 Å². The van der Waals surface area contributed by atoms with E-state index < -0.39 is 0 Å². The van der Waals surface area contributed by atoms with Crippen LogP contribution in [0.15, 0.2) is 65.3 Å². The molecule has 4 nitrogen and oxygen atoms in total. The number of nitrogens with one attached hydrogen (secondary N) is 1. The Labute approximate surface area is 176 Å². The van der Waals surface area contributed by atoms with Gasteiger partial charge in [-0.15, -0.1) is 11.3 Å². The number of thioether (sulfide) groups is 1. The monoisotopic (exact) mass is 425 g/mol. The third-order valence-corrected chi connectivity index (χ3v) is 6.34. The molecular weight excluding hydrogens is 410 g/mol. The van der Waals surface area contributed by atoms with Crippen molar-refractivity contribution >= 4 is 56.5 Å². The molecule has 0 saturated heterocycles. The zero-order valence-corrected chi connectivity index (χ0v) is 17.4. The molecular formula is C21H16ClN3OS2. The third kappa shape index (κ3) is 4.04. The van der Waals surface area contributed by atoms with Crippen molar-refractivity contribution in [1.29, 1.82) is 0 Å². The number of aryl methyl sites for hydroxylation is 1. The first-order valence-corrected chi connectivity index (χ1v) is 10.8. The van der Waals surface area contributed by atoms with E-state index in [1.807, 2.05) is 31.2 Å². The molecule has 1 amide bonds. The van der Waals surface area contributed by atoms with E-state index in [0.717, 1.165) is 37.6 Å². The fraction of sp³-hybridized carbons (Fsp3) is 0.0952. The van der Waals surface area contributed by atoms with Crippen LogP contribution in [-0.4, -0.2) is 21.6 Å². The Morgan fingerprint density at radius 3 is 2.82 bits per heavy atom. The van der Waals surface area contributed by atoms with Crippen molar-refractivity contribution in [3.8, 4) is 11.1 Å². The number of thiophene rings is 1. The van der Waals surface area contributed by atoms with Gasteiger partial charge < -0.3 is 5.32 Å². The maximum absolute atomic E-state index is 12.5. The molecule has 0 fully saturated rings. The number of aromatic nitrogens is 2. The minimum atomic E-state index is -0.0985. The lowest BCUT2D eigenvalue weighted by atomic mass is 10.1. The zero-order chi connectivity index (χ0) is 19.5. The fourth-order valence-corrected chi connectivity index (χ4v) is 4.80. The third-order valence-electron chi connectivity index (χ3n) is 4.23. The van der Waals surface area contributed by atoms with Gasteiger partial charge in [0.05, 0.1) is 11.1 Å². The van der Waals surface area contributed by atoms with Crippen LogP contribution in [0.3, 0.4) is 0 Å². The summed E-state index contributed by atoms with van der Waals surface area (Å²) in [4.78, 5) is 22.2. The molecule has 0 bridgehead atoms. The average Bonchev–Trinajstić information content (AvgIpc) is 3.15. The fourth-order valence-electron chi connectivity index (χ4n) is 2.84. The SMILES string of the molecule is Cc1ccc(Cl)cc1NC(=O)CSc1ncnc2scc(-c3ccccc3)c12. The first-order chi connectivity index (χ1) is 13.6. The van der Waals surface area contributed by atoms with Gasteiger partial charge in [0, 0.05) is 21.7 Å². The van der Waals surface area contributed by atoms with Crippen molar-refractivity contribution < 1.29 is 4.79 Å². The van der Waals surface area contributed by atoms with E-state index in [2.05, 4.69) is 32.8 Å². The van der Waals surface area contributed by atoms with E-state index in [-0.39, 0.29) is 11.7 Å². The summed E-state index contributed by atoms with van der Waals surface area (Å²) in [7, 11) is 0. The summed E-state index contributed by atoms with van der Waals surface area (Å²) in [6.07, 6.45) is 1.55. The molecule has 7 heteroatoms. The lowest BCUT2D eigenvalue weighted by Crippen LogP contribution is -2.15. The number of carbonyl (C=O) groups excluding carboxylic acids is 1. The molecule has 28 heavy (non-hydrogen) atoms. The maximum Gasteiger partial charge on any atom is 0.234 e. The Bertz CT molecular complexity index is 1150. The molecule has 0 unspecified atom stereocenters. The number of halogens is 1. The molecule has 0 spiro atoms. The molecule has 1 N–H and O–H groups in total. The Hall–Kier alpha value is -2.41. The van der Waals surface area contributed by atoms with E-state index in [4.69, 9.17) is 11.6 Å². The minimum Gasteiger partial charge on any atom is -0.325 e. The topological polar surface area (TPSA) is 54.9 Å². The van der Waals surface area contributed by atoms with E-state index in [1.165, 1.54) is 11.8 Å². The number of hydrogen-bond donors (Lipinski definition) is 1. The van der Waals surface area contributed by atoms with Gasteiger partial charge in [-0.25, -0.2) is 9.97 Å². The van der Waals surface area contributed by atoms with Crippen molar-refractivity contribution in [2.45, 2.75) is 11.9 Å². The number of fused-ring (bicyclic) bond motifs is 1. The number of rotatable bonds is 5. The van der Waals surface area contributed by atoms with Crippen LogP contribution in [0.1, 0.15) is 5.56 Å². The molecule has 0 saturated carbocycles. The number of nitrogens with zero attached hydrogens (tertiary/aromatic N) is 2. The minimum absolute atomic E-state index is 0.0985. The number of benzene rings is 2. The van der Waals surface area contributed by atoms with Crippen LogP contribution in [0.4, 0.5) is 5.69 Å². The van der Waals surface area contributed by atoms with E-state index in [1.54, 1.807) is 29.8 Å². The van der Waals surface area contributed by atoms with Crippen LogP contribution < -0.4 is 5.32 Å². The molecule has 0 atom stereocenters. The standard InChI is InChI=1S/C21H16ClN3OS2/c1-13-7-8-15(22)9-17(13)25-18(26)11-28-21-19-16(14-5-3-2-4-6-14)10-27-20(19)23-12-24-21/h2-10,12H,11H2,1H3,(H,25,26). The predicted molar refractivity (Wildman–Crippen MR) is 118 cm³/mol. The normalized spacial score (nSPS) is 10.9. The molecule has 0 aliphatic heterocycles. The highest BCUT2D eigenvalue weighted by Gasteiger charge is 2.15. The van der Waals surface area contributed by atoms with Crippen molar-refractivity contribution in [1.82, 2.24) is 9.97 Å². The van der Waals surface area contributed by atoms with Gasteiger partial charge >= 0.3 is 0 Å². The van der Waals surface area contributed by atoms with Crippen LogP contribution in [0.5, 0.6) is 0 Å². The summed E-state index contributed by atoms with van der Waals surface area (Å²) >= 11 is 9.02. The lowest BCUT2D eigenvalue weighted by molar-refractivity contribution is -0.113. The lowest BCUT2D eigenvalue weighted by Gasteiger charge is -2.09. The van der Waals surface area contributed by atoms with E-state index in [0.29, 0.717) is 5.02 Å². The second kappa shape index (κ2) is 8.31. The van der Waals surface area contributed by atoms with Gasteiger partial charge in [-0.05, 0) is 30.2 Å². The van der Waals surface area contributed by atoms with Crippen molar-refractivity contribution in [3.05, 3.63) is 70.8 Å². The van der Waals surface area contributed by atoms with Crippen LogP contribution >= 0.6 is 34.7 Å². The van der Waals surface area contributed by atoms with Crippen molar-refractivity contribution in [2.24, 2.45) is 0 Å².